The molecular formula is C16H16BrN3O. The van der Waals surface area contributed by atoms with Crippen molar-refractivity contribution in [2.45, 2.75) is 6.54 Å². The maximum atomic E-state index is 5.37. The van der Waals surface area contributed by atoms with Gasteiger partial charge in [0.25, 0.3) is 0 Å². The van der Waals surface area contributed by atoms with Crippen LogP contribution in [-0.2, 0) is 13.6 Å². The Morgan fingerprint density at radius 2 is 2.05 bits per heavy atom. The molecule has 0 aliphatic rings. The largest absolute Gasteiger partial charge is 0.495 e. The molecule has 0 saturated carbocycles. The van der Waals surface area contributed by atoms with Gasteiger partial charge in [0.1, 0.15) is 5.75 Å². The van der Waals surface area contributed by atoms with E-state index in [1.165, 1.54) is 5.39 Å². The lowest BCUT2D eigenvalue weighted by Crippen LogP contribution is -2.03. The molecule has 0 saturated heterocycles. The van der Waals surface area contributed by atoms with Crippen LogP contribution in [0.5, 0.6) is 5.75 Å². The molecule has 0 spiro atoms. The molecule has 0 amide bonds. The van der Waals surface area contributed by atoms with Gasteiger partial charge in [0.2, 0.25) is 0 Å². The summed E-state index contributed by atoms with van der Waals surface area (Å²) in [5.74, 6) is 0.818. The standard InChI is InChI=1S/C16H16BrN3O/c1-20-15-6-4-3-5-12(15)14(19-20)10-18-13-9-11(17)7-8-16(13)21-2/h3-9,18H,10H2,1-2H3. The number of para-hydroxylation sites is 1. The fourth-order valence-corrected chi connectivity index (χ4v) is 2.78. The summed E-state index contributed by atoms with van der Waals surface area (Å²) in [5.41, 5.74) is 3.10. The molecule has 0 fully saturated rings. The van der Waals surface area contributed by atoms with Crippen molar-refractivity contribution in [3.05, 3.63) is 52.6 Å². The summed E-state index contributed by atoms with van der Waals surface area (Å²) in [6.45, 7) is 0.647. The summed E-state index contributed by atoms with van der Waals surface area (Å²) in [4.78, 5) is 0. The van der Waals surface area contributed by atoms with Crippen molar-refractivity contribution >= 4 is 32.5 Å². The number of anilines is 1. The van der Waals surface area contributed by atoms with Gasteiger partial charge in [-0.05, 0) is 24.3 Å². The Balaban J connectivity index is 1.89. The minimum absolute atomic E-state index is 0.647. The van der Waals surface area contributed by atoms with Gasteiger partial charge in [0, 0.05) is 16.9 Å². The number of hydrogen-bond donors (Lipinski definition) is 1. The Morgan fingerprint density at radius 3 is 2.86 bits per heavy atom. The number of halogens is 1. The van der Waals surface area contributed by atoms with Crippen LogP contribution in [0.25, 0.3) is 10.9 Å². The quantitative estimate of drug-likeness (QED) is 0.777. The van der Waals surface area contributed by atoms with Crippen molar-refractivity contribution in [2.24, 2.45) is 7.05 Å². The van der Waals surface area contributed by atoms with E-state index in [0.717, 1.165) is 27.1 Å². The van der Waals surface area contributed by atoms with Crippen LogP contribution in [0.15, 0.2) is 46.9 Å². The number of hydrogen-bond acceptors (Lipinski definition) is 3. The number of aromatic nitrogens is 2. The number of nitrogens with one attached hydrogen (secondary N) is 1. The first-order valence-corrected chi connectivity index (χ1v) is 7.46. The van der Waals surface area contributed by atoms with Gasteiger partial charge in [-0.25, -0.2) is 0 Å². The zero-order chi connectivity index (χ0) is 14.8. The Bertz CT molecular complexity index is 782. The second-order valence-corrected chi connectivity index (χ2v) is 5.70. The van der Waals surface area contributed by atoms with Gasteiger partial charge in [-0.3, -0.25) is 4.68 Å². The lowest BCUT2D eigenvalue weighted by Gasteiger charge is -2.10. The number of nitrogens with zero attached hydrogens (tertiary/aromatic N) is 2. The van der Waals surface area contributed by atoms with Gasteiger partial charge in [-0.1, -0.05) is 34.1 Å². The van der Waals surface area contributed by atoms with Gasteiger partial charge in [-0.15, -0.1) is 0 Å². The van der Waals surface area contributed by atoms with Crippen molar-refractivity contribution in [3.63, 3.8) is 0 Å². The normalized spacial score (nSPS) is 10.8. The van der Waals surface area contributed by atoms with Crippen LogP contribution in [0.1, 0.15) is 5.69 Å². The van der Waals surface area contributed by atoms with Crippen molar-refractivity contribution in [3.8, 4) is 5.75 Å². The lowest BCUT2D eigenvalue weighted by atomic mass is 10.2. The molecule has 0 aliphatic carbocycles. The highest BCUT2D eigenvalue weighted by Crippen LogP contribution is 2.28. The second kappa shape index (κ2) is 5.77. The van der Waals surface area contributed by atoms with Crippen molar-refractivity contribution in [1.29, 1.82) is 0 Å². The predicted octanol–water partition coefficient (Wildman–Crippen LogP) is 3.96. The number of rotatable bonds is 4. The van der Waals surface area contributed by atoms with Gasteiger partial charge < -0.3 is 10.1 Å². The van der Waals surface area contributed by atoms with E-state index in [-0.39, 0.29) is 0 Å². The molecule has 2 aromatic carbocycles. The highest BCUT2D eigenvalue weighted by atomic mass is 79.9. The lowest BCUT2D eigenvalue weighted by molar-refractivity contribution is 0.416. The Morgan fingerprint density at radius 1 is 1.24 bits per heavy atom. The van der Waals surface area contributed by atoms with Crippen LogP contribution in [0, 0.1) is 0 Å². The SMILES string of the molecule is COc1ccc(Br)cc1NCc1nn(C)c2ccccc12. The molecule has 21 heavy (non-hydrogen) atoms. The van der Waals surface area contributed by atoms with E-state index in [1.807, 2.05) is 42.1 Å². The van der Waals surface area contributed by atoms with E-state index in [2.05, 4.69) is 38.5 Å². The molecule has 0 atom stereocenters. The summed E-state index contributed by atoms with van der Waals surface area (Å²) in [6, 6.07) is 14.1. The van der Waals surface area contributed by atoms with E-state index in [9.17, 15) is 0 Å². The first-order chi connectivity index (χ1) is 10.2. The average Bonchev–Trinajstić information content (AvgIpc) is 2.82. The molecule has 5 heteroatoms. The molecular weight excluding hydrogens is 330 g/mol. The average molecular weight is 346 g/mol. The summed E-state index contributed by atoms with van der Waals surface area (Å²) >= 11 is 3.48. The van der Waals surface area contributed by atoms with E-state index >= 15 is 0 Å². The second-order valence-electron chi connectivity index (χ2n) is 4.79. The van der Waals surface area contributed by atoms with Crippen LogP contribution >= 0.6 is 15.9 Å². The van der Waals surface area contributed by atoms with E-state index in [1.54, 1.807) is 7.11 Å². The Labute approximate surface area is 131 Å². The van der Waals surface area contributed by atoms with Gasteiger partial charge in [0.15, 0.2) is 0 Å². The molecule has 0 unspecified atom stereocenters. The molecule has 1 aromatic heterocycles. The maximum Gasteiger partial charge on any atom is 0.142 e. The van der Waals surface area contributed by atoms with Crippen LogP contribution < -0.4 is 10.1 Å². The van der Waals surface area contributed by atoms with Gasteiger partial charge in [0.05, 0.1) is 30.6 Å². The molecule has 0 bridgehead atoms. The third-order valence-electron chi connectivity index (χ3n) is 3.44. The van der Waals surface area contributed by atoms with Crippen LogP contribution in [0.2, 0.25) is 0 Å². The molecule has 3 rings (SSSR count). The zero-order valence-electron chi connectivity index (χ0n) is 11.9. The molecule has 0 aliphatic heterocycles. The molecule has 1 heterocycles. The van der Waals surface area contributed by atoms with Crippen LogP contribution in [-0.4, -0.2) is 16.9 Å². The minimum atomic E-state index is 0.647. The summed E-state index contributed by atoms with van der Waals surface area (Å²) in [5, 5.41) is 9.15. The molecule has 0 radical (unpaired) electrons. The molecule has 3 aromatic rings. The van der Waals surface area contributed by atoms with E-state index in [4.69, 9.17) is 4.74 Å². The Hall–Kier alpha value is -2.01. The maximum absolute atomic E-state index is 5.37. The van der Waals surface area contributed by atoms with E-state index < -0.39 is 0 Å². The fourth-order valence-electron chi connectivity index (χ4n) is 2.42. The summed E-state index contributed by atoms with van der Waals surface area (Å²) in [7, 11) is 3.64. The molecule has 1 N–H and O–H groups in total. The number of methoxy groups -OCH3 is 1. The van der Waals surface area contributed by atoms with Crippen molar-refractivity contribution < 1.29 is 4.74 Å². The smallest absolute Gasteiger partial charge is 0.142 e. The van der Waals surface area contributed by atoms with Crippen molar-refractivity contribution in [2.75, 3.05) is 12.4 Å². The zero-order valence-corrected chi connectivity index (χ0v) is 13.5. The Kier molecular flexibility index (Phi) is 3.84. The van der Waals surface area contributed by atoms with Crippen LogP contribution in [0.3, 0.4) is 0 Å². The molecule has 108 valence electrons. The third-order valence-corrected chi connectivity index (χ3v) is 3.94. The number of fused-ring (bicyclic) bond motifs is 1. The minimum Gasteiger partial charge on any atom is -0.495 e. The van der Waals surface area contributed by atoms with Crippen LogP contribution in [0.4, 0.5) is 5.69 Å². The third kappa shape index (κ3) is 2.74. The summed E-state index contributed by atoms with van der Waals surface area (Å²) < 4.78 is 8.29. The number of benzene rings is 2. The predicted molar refractivity (Wildman–Crippen MR) is 88.7 cm³/mol. The summed E-state index contributed by atoms with van der Waals surface area (Å²) in [6.07, 6.45) is 0. The van der Waals surface area contributed by atoms with Gasteiger partial charge >= 0.3 is 0 Å². The van der Waals surface area contributed by atoms with Gasteiger partial charge in [-0.2, -0.15) is 5.10 Å². The topological polar surface area (TPSA) is 39.1 Å². The number of ether oxygens (including phenoxy) is 1. The monoisotopic (exact) mass is 345 g/mol. The highest BCUT2D eigenvalue weighted by Gasteiger charge is 2.09. The molecule has 4 nitrogen and oxygen atoms in total. The highest BCUT2D eigenvalue weighted by molar-refractivity contribution is 9.10. The first kappa shape index (κ1) is 13.9. The van der Waals surface area contributed by atoms with E-state index in [0.29, 0.717) is 6.54 Å². The first-order valence-electron chi connectivity index (χ1n) is 6.67. The number of aryl methyl sites for hydroxylation is 1. The van der Waals surface area contributed by atoms with Crippen molar-refractivity contribution in [1.82, 2.24) is 9.78 Å². The fraction of sp³-hybridized carbons (Fsp3) is 0.188.